The first-order valence-corrected chi connectivity index (χ1v) is 6.47. The monoisotopic (exact) mass is 396 g/mol. The maximum Gasteiger partial charge on any atom is 0.416 e. The molecule has 0 atom stereocenters. The van der Waals surface area contributed by atoms with Crippen LogP contribution in [-0.2, 0) is 12.7 Å². The summed E-state index contributed by atoms with van der Waals surface area (Å²) in [4.78, 5) is 22.1. The van der Waals surface area contributed by atoms with E-state index in [1.165, 1.54) is 0 Å². The molecule has 0 aliphatic heterocycles. The Balaban J connectivity index is 2.21. The van der Waals surface area contributed by atoms with Crippen LogP contribution in [-0.4, -0.2) is 0 Å². The summed E-state index contributed by atoms with van der Waals surface area (Å²) < 4.78 is 38.4. The number of hydrogen-bond acceptors (Lipinski definition) is 4. The number of rotatable bonds is 3. The Bertz CT molecular complexity index is 733. The third kappa shape index (κ3) is 2.79. The zero-order valence-corrected chi connectivity index (χ0v) is 12.0. The maximum atomic E-state index is 12.6. The Hall–Kier alpha value is -1.58. The van der Waals surface area contributed by atoms with E-state index in [2.05, 4.69) is 5.32 Å². The lowest BCUT2D eigenvalue weighted by Gasteiger charge is -2.12. The quantitative estimate of drug-likeness (QED) is 0.616. The molecule has 8 heteroatoms. The third-order valence-corrected chi connectivity index (χ3v) is 3.32. The second-order valence-electron chi connectivity index (χ2n) is 4.15. The van der Waals surface area contributed by atoms with Crippen LogP contribution in [0.15, 0.2) is 27.8 Å². The first-order chi connectivity index (χ1) is 9.20. The number of hydrogen-bond donors (Lipinski definition) is 2. The minimum absolute atomic E-state index is 0.0189. The average Bonchev–Trinajstić information content (AvgIpc) is 2.36. The summed E-state index contributed by atoms with van der Waals surface area (Å²) in [5.74, 6) is 0. The summed E-state index contributed by atoms with van der Waals surface area (Å²) in [6.45, 7) is -0.0189. The molecule has 2 rings (SSSR count). The lowest BCUT2D eigenvalue weighted by atomic mass is 10.1. The van der Waals surface area contributed by atoms with Crippen molar-refractivity contribution in [1.82, 2.24) is 0 Å². The smallest absolute Gasteiger partial charge is 0.394 e. The Kier molecular flexibility index (Phi) is 3.76. The van der Waals surface area contributed by atoms with Gasteiger partial charge in [-0.1, -0.05) is 0 Å². The van der Waals surface area contributed by atoms with Crippen molar-refractivity contribution in [2.24, 2.45) is 0 Å². The second kappa shape index (κ2) is 5.08. The van der Waals surface area contributed by atoms with Crippen LogP contribution < -0.4 is 21.9 Å². The van der Waals surface area contributed by atoms with Crippen LogP contribution in [0.1, 0.15) is 11.1 Å². The number of anilines is 2. The fourth-order valence-electron chi connectivity index (χ4n) is 1.69. The fraction of sp³-hybridized carbons (Fsp3) is 0.167. The molecule has 2 aromatic carbocycles. The summed E-state index contributed by atoms with van der Waals surface area (Å²) in [6.07, 6.45) is -4.43. The van der Waals surface area contributed by atoms with Gasteiger partial charge in [0, 0.05) is 10.1 Å². The number of nitrogen functional groups attached to an aromatic ring is 1. The lowest BCUT2D eigenvalue weighted by Crippen LogP contribution is -2.36. The molecule has 0 aliphatic rings. The van der Waals surface area contributed by atoms with Gasteiger partial charge in [0.05, 0.1) is 5.56 Å². The highest BCUT2D eigenvalue weighted by atomic mass is 127. The second-order valence-corrected chi connectivity index (χ2v) is 5.39. The van der Waals surface area contributed by atoms with Crippen molar-refractivity contribution in [3.8, 4) is 0 Å². The van der Waals surface area contributed by atoms with Crippen LogP contribution in [0.25, 0.3) is 0 Å². The molecule has 0 bridgehead atoms. The molecular weight excluding hydrogens is 388 g/mol. The van der Waals surface area contributed by atoms with Crippen molar-refractivity contribution in [3.05, 3.63) is 53.3 Å². The van der Waals surface area contributed by atoms with E-state index in [1.807, 2.05) is 0 Å². The van der Waals surface area contributed by atoms with Crippen LogP contribution in [0.4, 0.5) is 24.5 Å². The number of nitrogens with one attached hydrogen (secondary N) is 1. The molecule has 0 radical (unpaired) electrons. The van der Waals surface area contributed by atoms with Gasteiger partial charge in [-0.25, -0.2) is 0 Å². The van der Waals surface area contributed by atoms with Crippen LogP contribution in [0.2, 0.25) is 0 Å². The topological polar surface area (TPSA) is 72.2 Å². The molecule has 0 aromatic heterocycles. The molecule has 3 N–H and O–H groups in total. The number of halogens is 4. The molecule has 20 heavy (non-hydrogen) atoms. The minimum atomic E-state index is -4.43. The highest BCUT2D eigenvalue weighted by Gasteiger charge is 2.31. The van der Waals surface area contributed by atoms with Crippen LogP contribution in [0.5, 0.6) is 0 Å². The highest BCUT2D eigenvalue weighted by Crippen LogP contribution is 2.31. The van der Waals surface area contributed by atoms with Crippen LogP contribution in [0, 0.1) is 3.57 Å². The van der Waals surface area contributed by atoms with Gasteiger partial charge in [0.25, 0.3) is 10.9 Å². The summed E-state index contributed by atoms with van der Waals surface area (Å²) >= 11 is 1.78. The van der Waals surface area contributed by atoms with E-state index < -0.39 is 22.6 Å². The van der Waals surface area contributed by atoms with E-state index in [1.54, 1.807) is 28.7 Å². The van der Waals surface area contributed by atoms with Crippen LogP contribution in [0.3, 0.4) is 0 Å². The molecular formula is C12H8F3IN2O2. The maximum absolute atomic E-state index is 12.6. The van der Waals surface area contributed by atoms with E-state index in [0.717, 1.165) is 12.1 Å². The molecule has 0 fully saturated rings. The molecule has 2 aromatic rings. The van der Waals surface area contributed by atoms with Gasteiger partial charge in [-0.05, 0) is 46.4 Å². The summed E-state index contributed by atoms with van der Waals surface area (Å²) in [7, 11) is 0. The predicted molar refractivity (Wildman–Crippen MR) is 77.3 cm³/mol. The van der Waals surface area contributed by atoms with Gasteiger partial charge in [-0.15, -0.1) is 0 Å². The van der Waals surface area contributed by atoms with Crippen LogP contribution >= 0.6 is 22.6 Å². The van der Waals surface area contributed by atoms with Crippen molar-refractivity contribution < 1.29 is 13.2 Å². The van der Waals surface area contributed by atoms with Crippen molar-refractivity contribution in [2.45, 2.75) is 12.7 Å². The van der Waals surface area contributed by atoms with Gasteiger partial charge in [0.1, 0.15) is 11.4 Å². The summed E-state index contributed by atoms with van der Waals surface area (Å²) in [5.41, 5.74) is 3.15. The van der Waals surface area contributed by atoms with E-state index in [9.17, 15) is 22.8 Å². The molecule has 0 amide bonds. The molecule has 0 saturated carbocycles. The lowest BCUT2D eigenvalue weighted by molar-refractivity contribution is -0.137. The predicted octanol–water partition coefficient (Wildman–Crippen LogP) is 2.10. The zero-order chi connectivity index (χ0) is 15.1. The van der Waals surface area contributed by atoms with Gasteiger partial charge >= 0.3 is 6.18 Å². The number of nitrogens with two attached hydrogens (primary N) is 1. The van der Waals surface area contributed by atoms with E-state index in [4.69, 9.17) is 5.73 Å². The molecule has 4 nitrogen and oxygen atoms in total. The molecule has 0 spiro atoms. The van der Waals surface area contributed by atoms with E-state index >= 15 is 0 Å². The first kappa shape index (κ1) is 14.8. The Labute approximate surface area is 124 Å². The van der Waals surface area contributed by atoms with Crippen molar-refractivity contribution in [1.29, 1.82) is 0 Å². The molecule has 106 valence electrons. The average molecular weight is 396 g/mol. The molecule has 0 saturated heterocycles. The number of benzene rings is 1. The van der Waals surface area contributed by atoms with Gasteiger partial charge in [0.15, 0.2) is 0 Å². The standard InChI is InChI=1S/C12H8F3IN2O2/c13-12(14,15)6-1-5(2-7(16)3-6)4-18-9-8(17)10(19)11(9)20/h1-3,18H,4,17H2. The van der Waals surface area contributed by atoms with E-state index in [-0.39, 0.29) is 17.9 Å². The van der Waals surface area contributed by atoms with Gasteiger partial charge < -0.3 is 11.1 Å². The Morgan fingerprint density at radius 1 is 1.15 bits per heavy atom. The summed E-state index contributed by atoms with van der Waals surface area (Å²) in [6, 6.07) is 3.55. The molecule has 0 aliphatic carbocycles. The van der Waals surface area contributed by atoms with E-state index in [0.29, 0.717) is 9.13 Å². The Morgan fingerprint density at radius 2 is 1.80 bits per heavy atom. The van der Waals surface area contributed by atoms with Crippen molar-refractivity contribution >= 4 is 34.0 Å². The van der Waals surface area contributed by atoms with Gasteiger partial charge in [0.2, 0.25) is 0 Å². The highest BCUT2D eigenvalue weighted by molar-refractivity contribution is 14.1. The normalized spacial score (nSPS) is 11.8. The molecule has 0 unspecified atom stereocenters. The summed E-state index contributed by atoms with van der Waals surface area (Å²) in [5, 5.41) is 2.58. The van der Waals surface area contributed by atoms with Crippen molar-refractivity contribution in [2.75, 3.05) is 11.1 Å². The SMILES string of the molecule is Nc1c(NCc2cc(I)cc(C(F)(F)F)c2)c(=O)c1=O. The fourth-order valence-corrected chi connectivity index (χ4v) is 2.43. The van der Waals surface area contributed by atoms with Gasteiger partial charge in [-0.2, -0.15) is 13.2 Å². The van der Waals surface area contributed by atoms with Gasteiger partial charge in [-0.3, -0.25) is 9.59 Å². The third-order valence-electron chi connectivity index (χ3n) is 2.70. The van der Waals surface area contributed by atoms with Crippen molar-refractivity contribution in [3.63, 3.8) is 0 Å². The zero-order valence-electron chi connectivity index (χ0n) is 9.84. The minimum Gasteiger partial charge on any atom is -0.394 e. The molecule has 0 heterocycles. The first-order valence-electron chi connectivity index (χ1n) is 5.39. The Morgan fingerprint density at radius 3 is 2.35 bits per heavy atom. The largest absolute Gasteiger partial charge is 0.416 e. The number of alkyl halides is 3.